The molecule has 0 atom stereocenters. The summed E-state index contributed by atoms with van der Waals surface area (Å²) in [4.78, 5) is 12.8. The van der Waals surface area contributed by atoms with Gasteiger partial charge in [-0.25, -0.2) is 0 Å². The topological polar surface area (TPSA) is 100 Å². The number of amides is 1. The average Bonchev–Trinajstić information content (AvgIpc) is 3.39. The Morgan fingerprint density at radius 1 is 1.21 bits per heavy atom. The van der Waals surface area contributed by atoms with Crippen LogP contribution in [0.5, 0.6) is 0 Å². The van der Waals surface area contributed by atoms with Crippen molar-refractivity contribution in [3.63, 3.8) is 0 Å². The highest BCUT2D eigenvalue weighted by Crippen LogP contribution is 2.27. The molecule has 3 heterocycles. The second-order valence-electron chi connectivity index (χ2n) is 7.07. The zero-order valence-electron chi connectivity index (χ0n) is 17.0. The van der Waals surface area contributed by atoms with Crippen molar-refractivity contribution in [1.29, 1.82) is 0 Å². The Kier molecular flexibility index (Phi) is 4.59. The van der Waals surface area contributed by atoms with Crippen LogP contribution in [0.4, 0.5) is 11.4 Å². The van der Waals surface area contributed by atoms with Crippen LogP contribution in [-0.2, 0) is 7.05 Å². The van der Waals surface area contributed by atoms with Crippen LogP contribution in [0.2, 0.25) is 0 Å². The fourth-order valence-electron chi connectivity index (χ4n) is 3.20. The van der Waals surface area contributed by atoms with Crippen LogP contribution >= 0.6 is 0 Å². The van der Waals surface area contributed by atoms with Crippen molar-refractivity contribution in [3.05, 3.63) is 64.4 Å². The lowest BCUT2D eigenvalue weighted by Crippen LogP contribution is -2.36. The Morgan fingerprint density at radius 3 is 2.66 bits per heavy atom. The number of hydrazine groups is 2. The van der Waals surface area contributed by atoms with Crippen LogP contribution in [0.25, 0.3) is 5.70 Å². The number of benzene rings is 1. The zero-order valence-corrected chi connectivity index (χ0v) is 17.0. The normalized spacial score (nSPS) is 13.4. The summed E-state index contributed by atoms with van der Waals surface area (Å²) in [6.07, 6.45) is 3.77. The van der Waals surface area contributed by atoms with E-state index in [-0.39, 0.29) is 5.91 Å². The molecule has 0 aliphatic carbocycles. The minimum atomic E-state index is -0.222. The Hall–Kier alpha value is -3.59. The van der Waals surface area contributed by atoms with Gasteiger partial charge in [0.25, 0.3) is 5.91 Å². The van der Waals surface area contributed by atoms with E-state index < -0.39 is 0 Å². The van der Waals surface area contributed by atoms with Gasteiger partial charge < -0.3 is 15.3 Å². The molecule has 9 nitrogen and oxygen atoms in total. The summed E-state index contributed by atoms with van der Waals surface area (Å²) in [5.74, 6) is 0.355. The second kappa shape index (κ2) is 7.10. The van der Waals surface area contributed by atoms with Gasteiger partial charge in [-0.3, -0.25) is 14.5 Å². The molecule has 2 aromatic heterocycles. The van der Waals surface area contributed by atoms with Crippen molar-refractivity contribution in [2.24, 2.45) is 7.05 Å². The molecule has 3 aromatic rings. The van der Waals surface area contributed by atoms with Gasteiger partial charge >= 0.3 is 0 Å². The molecule has 1 aliphatic rings. The third kappa shape index (κ3) is 3.36. The number of hydrogen-bond acceptors (Lipinski definition) is 7. The SMILES string of the molecule is Cc1ccc(C(=O)Nc2c(C)noc2C)cc1N1C=C(c2cnn(C)c2C)NN1. The summed E-state index contributed by atoms with van der Waals surface area (Å²) in [5.41, 5.74) is 12.9. The molecular weight excluding hydrogens is 370 g/mol. The standard InChI is InChI=1S/C20H23N7O2/c1-11-6-7-15(20(28)22-19-12(2)24-29-14(19)4)8-18(11)27-10-17(23-25-27)16-9-21-26(5)13(16)3/h6-10,23,25H,1-5H3,(H,22,28). The highest BCUT2D eigenvalue weighted by Gasteiger charge is 2.21. The number of rotatable bonds is 4. The predicted molar refractivity (Wildman–Crippen MR) is 110 cm³/mol. The minimum Gasteiger partial charge on any atom is -0.359 e. The summed E-state index contributed by atoms with van der Waals surface area (Å²) >= 11 is 0. The Bertz CT molecular complexity index is 1110. The van der Waals surface area contributed by atoms with Gasteiger partial charge in [0.15, 0.2) is 5.76 Å². The number of hydrogen-bond donors (Lipinski definition) is 3. The fraction of sp³-hybridized carbons (Fsp3) is 0.250. The molecule has 0 fully saturated rings. The number of anilines is 2. The van der Waals surface area contributed by atoms with E-state index >= 15 is 0 Å². The minimum absolute atomic E-state index is 0.222. The summed E-state index contributed by atoms with van der Waals surface area (Å²) in [7, 11) is 1.91. The summed E-state index contributed by atoms with van der Waals surface area (Å²) in [6.45, 7) is 7.56. The van der Waals surface area contributed by atoms with Crippen molar-refractivity contribution in [3.8, 4) is 0 Å². The van der Waals surface area contributed by atoms with E-state index in [4.69, 9.17) is 4.52 Å². The van der Waals surface area contributed by atoms with Gasteiger partial charge in [-0.2, -0.15) is 5.10 Å². The van der Waals surface area contributed by atoms with Crippen LogP contribution in [0.3, 0.4) is 0 Å². The zero-order chi connectivity index (χ0) is 20.7. The molecule has 29 heavy (non-hydrogen) atoms. The van der Waals surface area contributed by atoms with Gasteiger partial charge in [0.1, 0.15) is 11.4 Å². The lowest BCUT2D eigenvalue weighted by molar-refractivity contribution is 0.102. The molecule has 0 saturated heterocycles. The van der Waals surface area contributed by atoms with Gasteiger partial charge in [-0.1, -0.05) is 11.2 Å². The van der Waals surface area contributed by atoms with Crippen LogP contribution in [-0.4, -0.2) is 20.8 Å². The van der Waals surface area contributed by atoms with Crippen LogP contribution in [0.1, 0.15) is 38.6 Å². The number of nitrogens with one attached hydrogen (secondary N) is 3. The van der Waals surface area contributed by atoms with Gasteiger partial charge in [-0.15, -0.1) is 5.53 Å². The monoisotopic (exact) mass is 393 g/mol. The predicted octanol–water partition coefficient (Wildman–Crippen LogP) is 2.72. The highest BCUT2D eigenvalue weighted by molar-refractivity contribution is 6.05. The van der Waals surface area contributed by atoms with Crippen molar-refractivity contribution in [2.75, 3.05) is 10.3 Å². The quantitative estimate of drug-likeness (QED) is 0.627. The largest absolute Gasteiger partial charge is 0.359 e. The van der Waals surface area contributed by atoms with Crippen LogP contribution < -0.4 is 21.3 Å². The van der Waals surface area contributed by atoms with E-state index in [0.29, 0.717) is 22.7 Å². The lowest BCUT2D eigenvalue weighted by atomic mass is 10.1. The maximum absolute atomic E-state index is 12.8. The first kappa shape index (κ1) is 18.8. The molecule has 4 rings (SSSR count). The molecule has 150 valence electrons. The van der Waals surface area contributed by atoms with Crippen LogP contribution in [0.15, 0.2) is 35.1 Å². The average molecular weight is 393 g/mol. The molecule has 3 N–H and O–H groups in total. The molecule has 0 saturated carbocycles. The molecule has 0 spiro atoms. The third-order valence-corrected chi connectivity index (χ3v) is 5.10. The Labute approximate surface area is 168 Å². The third-order valence-electron chi connectivity index (χ3n) is 5.10. The molecule has 1 aromatic carbocycles. The molecule has 0 unspecified atom stereocenters. The molecular formula is C20H23N7O2. The molecule has 0 radical (unpaired) electrons. The Morgan fingerprint density at radius 2 is 2.00 bits per heavy atom. The smallest absolute Gasteiger partial charge is 0.255 e. The molecule has 0 bridgehead atoms. The first-order valence-corrected chi connectivity index (χ1v) is 9.21. The van der Waals surface area contributed by atoms with E-state index in [1.807, 2.05) is 55.1 Å². The summed E-state index contributed by atoms with van der Waals surface area (Å²) < 4.78 is 6.94. The van der Waals surface area contributed by atoms with Crippen molar-refractivity contribution < 1.29 is 9.32 Å². The van der Waals surface area contributed by atoms with Crippen molar-refractivity contribution in [1.82, 2.24) is 25.9 Å². The Balaban J connectivity index is 1.61. The number of aromatic nitrogens is 3. The number of nitrogens with zero attached hydrogens (tertiary/aromatic N) is 4. The number of carbonyl (C=O) groups excluding carboxylic acids is 1. The van der Waals surface area contributed by atoms with Gasteiger partial charge in [-0.05, 0) is 45.4 Å². The van der Waals surface area contributed by atoms with Crippen molar-refractivity contribution in [2.45, 2.75) is 27.7 Å². The first-order chi connectivity index (χ1) is 13.8. The van der Waals surface area contributed by atoms with Crippen LogP contribution in [0, 0.1) is 27.7 Å². The number of carbonyl (C=O) groups is 1. The van der Waals surface area contributed by atoms with E-state index in [1.54, 1.807) is 19.9 Å². The van der Waals surface area contributed by atoms with Crippen molar-refractivity contribution >= 4 is 23.0 Å². The van der Waals surface area contributed by atoms with Gasteiger partial charge in [0.05, 0.1) is 17.6 Å². The summed E-state index contributed by atoms with van der Waals surface area (Å²) in [5, 5.41) is 12.9. The highest BCUT2D eigenvalue weighted by atomic mass is 16.5. The first-order valence-electron chi connectivity index (χ1n) is 9.21. The van der Waals surface area contributed by atoms with E-state index in [9.17, 15) is 4.79 Å². The second-order valence-corrected chi connectivity index (χ2v) is 7.07. The lowest BCUT2D eigenvalue weighted by Gasteiger charge is -2.18. The maximum Gasteiger partial charge on any atom is 0.255 e. The van der Waals surface area contributed by atoms with Gasteiger partial charge in [0, 0.05) is 30.1 Å². The van der Waals surface area contributed by atoms with E-state index in [2.05, 4.69) is 26.5 Å². The molecule has 1 aliphatic heterocycles. The molecule has 1 amide bonds. The summed E-state index contributed by atoms with van der Waals surface area (Å²) in [6, 6.07) is 5.55. The maximum atomic E-state index is 12.8. The van der Waals surface area contributed by atoms with E-state index in [1.165, 1.54) is 0 Å². The van der Waals surface area contributed by atoms with Gasteiger partial charge in [0.2, 0.25) is 0 Å². The fourth-order valence-corrected chi connectivity index (χ4v) is 3.20. The van der Waals surface area contributed by atoms with E-state index in [0.717, 1.165) is 28.2 Å². The molecule has 9 heteroatoms. The number of aryl methyl sites for hydroxylation is 4.